The number of hydrogen-bond donors (Lipinski definition) is 1. The molecule has 0 radical (unpaired) electrons. The number of aliphatic hydroxyl groups excluding tert-OH is 1. The van der Waals surface area contributed by atoms with Gasteiger partial charge in [-0.05, 0) is 61.4 Å². The van der Waals surface area contributed by atoms with Crippen molar-refractivity contribution in [3.63, 3.8) is 0 Å². The second kappa shape index (κ2) is 9.11. The van der Waals surface area contributed by atoms with E-state index in [1.807, 2.05) is 36.6 Å². The van der Waals surface area contributed by atoms with Gasteiger partial charge in [0.1, 0.15) is 18.1 Å². The molecule has 1 N–H and O–H groups in total. The van der Waals surface area contributed by atoms with E-state index in [0.29, 0.717) is 30.0 Å². The number of allylic oxidation sites excluding steroid dienone is 2. The molecule has 8 nitrogen and oxygen atoms in total. The van der Waals surface area contributed by atoms with Crippen LogP contribution in [0.5, 0.6) is 0 Å². The number of likely N-dealkylation sites (tertiary alicyclic amines) is 1. The minimum atomic E-state index is -1.16. The topological polar surface area (TPSA) is 108 Å². The lowest BCUT2D eigenvalue weighted by Crippen LogP contribution is -2.48. The molecule has 0 bridgehead atoms. The van der Waals surface area contributed by atoms with Gasteiger partial charge in [0.25, 0.3) is 0 Å². The van der Waals surface area contributed by atoms with Gasteiger partial charge in [-0.1, -0.05) is 35.9 Å². The molecule has 4 aliphatic rings. The quantitative estimate of drug-likeness (QED) is 0.372. The summed E-state index contributed by atoms with van der Waals surface area (Å²) in [7, 11) is 0. The summed E-state index contributed by atoms with van der Waals surface area (Å²) in [5.41, 5.74) is 0.218. The maximum absolute atomic E-state index is 14.2. The Morgan fingerprint density at radius 2 is 1.77 bits per heavy atom. The highest BCUT2D eigenvalue weighted by Gasteiger charge is 2.68. The second-order valence-electron chi connectivity index (χ2n) is 11.3. The number of carbonyl (C=O) groups excluding carboxylic acids is 4. The predicted molar refractivity (Wildman–Crippen MR) is 146 cm³/mol. The van der Waals surface area contributed by atoms with Gasteiger partial charge >= 0.3 is 0 Å². The van der Waals surface area contributed by atoms with Gasteiger partial charge in [-0.3, -0.25) is 24.1 Å². The fourth-order valence-corrected chi connectivity index (χ4v) is 8.25. The Labute approximate surface area is 234 Å². The van der Waals surface area contributed by atoms with E-state index in [-0.39, 0.29) is 42.7 Å². The molecular weight excluding hydrogens is 528 g/mol. The Balaban J connectivity index is 1.33. The number of thiophene rings is 1. The number of imide groups is 2. The Hall–Kier alpha value is -3.82. The van der Waals surface area contributed by atoms with Crippen molar-refractivity contribution in [1.82, 2.24) is 4.90 Å². The number of para-hydroxylation sites is 1. The van der Waals surface area contributed by atoms with E-state index < -0.39 is 29.1 Å². The first kappa shape index (κ1) is 25.2. The molecule has 6 atom stereocenters. The number of fused-ring (bicyclic) bond motifs is 4. The smallest absolute Gasteiger partial charge is 0.241 e. The monoisotopic (exact) mass is 556 g/mol. The van der Waals surface area contributed by atoms with Crippen molar-refractivity contribution >= 4 is 40.7 Å². The molecule has 2 saturated heterocycles. The van der Waals surface area contributed by atoms with E-state index in [1.54, 1.807) is 36.4 Å². The van der Waals surface area contributed by atoms with Crippen molar-refractivity contribution in [2.45, 2.75) is 38.8 Å². The third kappa shape index (κ3) is 3.40. The van der Waals surface area contributed by atoms with Crippen LogP contribution >= 0.6 is 11.3 Å². The van der Waals surface area contributed by atoms with Crippen LogP contribution in [0, 0.1) is 29.1 Å². The normalized spacial score (nSPS) is 31.4. The van der Waals surface area contributed by atoms with Crippen molar-refractivity contribution < 1.29 is 28.7 Å². The van der Waals surface area contributed by atoms with E-state index in [0.717, 1.165) is 10.5 Å². The summed E-state index contributed by atoms with van der Waals surface area (Å²) in [5.74, 6) is -2.96. The molecule has 4 amide bonds. The second-order valence-corrected chi connectivity index (χ2v) is 12.3. The maximum Gasteiger partial charge on any atom is 0.241 e. The molecule has 0 unspecified atom stereocenters. The molecule has 2 aliphatic carbocycles. The Morgan fingerprint density at radius 1 is 0.975 bits per heavy atom. The first-order valence-electron chi connectivity index (χ1n) is 13.5. The number of rotatable bonds is 5. The largest absolute Gasteiger partial charge is 0.463 e. The summed E-state index contributed by atoms with van der Waals surface area (Å²) in [4.78, 5) is 59.2. The number of amides is 4. The summed E-state index contributed by atoms with van der Waals surface area (Å²) < 4.78 is 6.04. The highest BCUT2D eigenvalue weighted by atomic mass is 32.1. The lowest BCUT2D eigenvalue weighted by atomic mass is 9.52. The van der Waals surface area contributed by atoms with Crippen LogP contribution in [0.25, 0.3) is 0 Å². The van der Waals surface area contributed by atoms with E-state index in [9.17, 15) is 24.3 Å². The Morgan fingerprint density at radius 3 is 2.48 bits per heavy atom. The third-order valence-electron chi connectivity index (χ3n) is 9.40. The van der Waals surface area contributed by atoms with Crippen molar-refractivity contribution in [1.29, 1.82) is 0 Å². The van der Waals surface area contributed by atoms with Gasteiger partial charge in [-0.2, -0.15) is 0 Å². The van der Waals surface area contributed by atoms with Crippen molar-refractivity contribution in [2.75, 3.05) is 4.90 Å². The summed E-state index contributed by atoms with van der Waals surface area (Å²) >= 11 is 1.50. The number of furan rings is 1. The zero-order valence-corrected chi connectivity index (χ0v) is 22.7. The van der Waals surface area contributed by atoms with Gasteiger partial charge in [0, 0.05) is 4.88 Å². The van der Waals surface area contributed by atoms with Crippen LogP contribution in [-0.2, 0) is 32.3 Å². The molecule has 40 heavy (non-hydrogen) atoms. The van der Waals surface area contributed by atoms with Gasteiger partial charge in [-0.15, -0.1) is 11.3 Å². The molecule has 204 valence electrons. The summed E-state index contributed by atoms with van der Waals surface area (Å²) in [6, 6.07) is 16.1. The Kier molecular flexibility index (Phi) is 5.73. The minimum Gasteiger partial charge on any atom is -0.463 e. The molecule has 1 saturated carbocycles. The van der Waals surface area contributed by atoms with E-state index in [4.69, 9.17) is 4.42 Å². The first-order valence-corrected chi connectivity index (χ1v) is 14.4. The van der Waals surface area contributed by atoms with Gasteiger partial charge in [0.2, 0.25) is 23.6 Å². The van der Waals surface area contributed by atoms with Gasteiger partial charge in [0.05, 0.1) is 41.3 Å². The van der Waals surface area contributed by atoms with Crippen LogP contribution in [0.15, 0.2) is 76.0 Å². The fraction of sp³-hybridized carbons (Fsp3) is 0.355. The number of hydrogen-bond acceptors (Lipinski definition) is 7. The van der Waals surface area contributed by atoms with Crippen LogP contribution < -0.4 is 4.90 Å². The van der Waals surface area contributed by atoms with Gasteiger partial charge < -0.3 is 9.52 Å². The number of aliphatic hydroxyl groups is 1. The molecule has 1 aromatic carbocycles. The molecule has 7 rings (SSSR count). The molecule has 4 heterocycles. The summed E-state index contributed by atoms with van der Waals surface area (Å²) in [6.07, 6.45) is 2.69. The van der Waals surface area contributed by atoms with Crippen molar-refractivity contribution in [2.24, 2.45) is 29.1 Å². The minimum absolute atomic E-state index is 0.177. The van der Waals surface area contributed by atoms with Crippen LogP contribution in [-0.4, -0.2) is 33.6 Å². The third-order valence-corrected chi connectivity index (χ3v) is 10.3. The van der Waals surface area contributed by atoms with Crippen molar-refractivity contribution in [3.05, 3.63) is 88.0 Å². The Bertz CT molecular complexity index is 1560. The zero-order chi connectivity index (χ0) is 27.8. The predicted octanol–water partition coefficient (Wildman–Crippen LogP) is 4.26. The molecule has 0 spiro atoms. The summed E-state index contributed by atoms with van der Waals surface area (Å²) in [6.45, 7) is 1.76. The highest BCUT2D eigenvalue weighted by molar-refractivity contribution is 7.09. The first-order chi connectivity index (χ1) is 19.3. The number of benzene rings is 1. The lowest BCUT2D eigenvalue weighted by molar-refractivity contribution is -0.141. The standard InChI is InChI=1S/C31H28N2O6S/c1-31-23(28(36)33(30(31)38)17-6-3-2-4-7-17)14-22-20(26(31)24-12-9-18(16-34)39-24)10-11-21-25(22)29(37)32(27(21)35)15-19-8-5-13-40-19/h2-10,12-13,21-23,25-26,34H,11,14-16H2,1H3/t21-,22+,23-,25-,26+,31+/m0/s1. The maximum atomic E-state index is 14.2. The molecular formula is C31H28N2O6S. The fourth-order valence-electron chi connectivity index (χ4n) is 7.55. The van der Waals surface area contributed by atoms with Crippen LogP contribution in [0.3, 0.4) is 0 Å². The van der Waals surface area contributed by atoms with Gasteiger partial charge in [-0.25, -0.2) is 4.90 Å². The lowest BCUT2D eigenvalue weighted by Gasteiger charge is -2.48. The number of nitrogens with zero attached hydrogens (tertiary/aromatic N) is 2. The van der Waals surface area contributed by atoms with E-state index in [2.05, 4.69) is 0 Å². The van der Waals surface area contributed by atoms with Gasteiger partial charge in [0.15, 0.2) is 0 Å². The molecule has 2 aliphatic heterocycles. The molecule has 9 heteroatoms. The van der Waals surface area contributed by atoms with Crippen LogP contribution in [0.1, 0.15) is 42.1 Å². The zero-order valence-electron chi connectivity index (χ0n) is 21.9. The number of carbonyl (C=O) groups is 4. The van der Waals surface area contributed by atoms with Crippen LogP contribution in [0.4, 0.5) is 5.69 Å². The molecule has 3 aromatic rings. The van der Waals surface area contributed by atoms with E-state index >= 15 is 0 Å². The summed E-state index contributed by atoms with van der Waals surface area (Å²) in [5, 5.41) is 11.6. The number of anilines is 1. The molecule has 3 fully saturated rings. The van der Waals surface area contributed by atoms with Crippen LogP contribution in [0.2, 0.25) is 0 Å². The average molecular weight is 557 g/mol. The van der Waals surface area contributed by atoms with E-state index in [1.165, 1.54) is 21.1 Å². The SMILES string of the molecule is C[C@@]12C(=O)N(c3ccccc3)C(=O)[C@@H]1C[C@@H]1C(=CC[C@@H]3C(=O)N(Cc4cccs4)C(=O)[C@@H]31)[C@@H]2c1ccc(CO)o1. The van der Waals surface area contributed by atoms with Crippen molar-refractivity contribution in [3.8, 4) is 0 Å². The highest BCUT2D eigenvalue weighted by Crippen LogP contribution is 2.63. The molecule has 2 aromatic heterocycles. The average Bonchev–Trinajstić information content (AvgIpc) is 3.74.